The van der Waals surface area contributed by atoms with E-state index in [0.29, 0.717) is 17.9 Å². The van der Waals surface area contributed by atoms with Gasteiger partial charge in [-0.25, -0.2) is 0 Å². The second-order valence-electron chi connectivity index (χ2n) is 3.64. The van der Waals surface area contributed by atoms with E-state index >= 15 is 0 Å². The molecule has 1 N–H and O–H groups in total. The van der Waals surface area contributed by atoms with Gasteiger partial charge in [0.05, 0.1) is 25.6 Å². The van der Waals surface area contributed by atoms with Crippen LogP contribution in [0.5, 0.6) is 5.75 Å². The molecule has 1 aromatic rings. The number of esters is 1. The monoisotopic (exact) mass is 270 g/mol. The highest BCUT2D eigenvalue weighted by Gasteiger charge is 2.15. The maximum atomic E-state index is 11.3. The zero-order chi connectivity index (χ0) is 13.5. The summed E-state index contributed by atoms with van der Waals surface area (Å²) in [6.45, 7) is 3.82. The van der Waals surface area contributed by atoms with Crippen LogP contribution in [-0.4, -0.2) is 30.5 Å². The van der Waals surface area contributed by atoms with Gasteiger partial charge in [-0.15, -0.1) is 11.8 Å². The fraction of sp³-hybridized carbons (Fsp3) is 0.462. The number of benzene rings is 1. The van der Waals surface area contributed by atoms with Crippen LogP contribution in [0.25, 0.3) is 0 Å². The average Bonchev–Trinajstić information content (AvgIpc) is 2.35. The lowest BCUT2D eigenvalue weighted by atomic mass is 10.1. The summed E-state index contributed by atoms with van der Waals surface area (Å²) in [4.78, 5) is 12.1. The summed E-state index contributed by atoms with van der Waals surface area (Å²) in [5.74, 6) is 0.585. The summed E-state index contributed by atoms with van der Waals surface area (Å²) >= 11 is 1.34. The Morgan fingerprint density at radius 2 is 2.22 bits per heavy atom. The van der Waals surface area contributed by atoms with Crippen molar-refractivity contribution in [2.45, 2.75) is 24.8 Å². The number of aliphatic hydroxyl groups is 1. The first-order chi connectivity index (χ1) is 8.60. The molecule has 0 heterocycles. The normalized spacial score (nSPS) is 12.0. The molecular formula is C13H18O4S. The second kappa shape index (κ2) is 7.28. The molecule has 5 heteroatoms. The molecule has 18 heavy (non-hydrogen) atoms. The summed E-state index contributed by atoms with van der Waals surface area (Å²) in [5.41, 5.74) is 0.703. The highest BCUT2D eigenvalue weighted by atomic mass is 32.2. The lowest BCUT2D eigenvalue weighted by Gasteiger charge is -2.15. The number of hydrogen-bond acceptors (Lipinski definition) is 5. The van der Waals surface area contributed by atoms with Crippen molar-refractivity contribution in [3.8, 4) is 5.75 Å². The molecule has 100 valence electrons. The molecule has 0 saturated heterocycles. The van der Waals surface area contributed by atoms with Crippen LogP contribution in [0.1, 0.15) is 25.5 Å². The van der Waals surface area contributed by atoms with Gasteiger partial charge in [0, 0.05) is 10.5 Å². The van der Waals surface area contributed by atoms with E-state index in [-0.39, 0.29) is 11.7 Å². The first kappa shape index (κ1) is 14.9. The van der Waals surface area contributed by atoms with E-state index in [1.807, 2.05) is 12.1 Å². The fourth-order valence-corrected chi connectivity index (χ4v) is 2.54. The van der Waals surface area contributed by atoms with Crippen molar-refractivity contribution in [1.82, 2.24) is 0 Å². The van der Waals surface area contributed by atoms with Gasteiger partial charge in [0.1, 0.15) is 5.75 Å². The zero-order valence-corrected chi connectivity index (χ0v) is 11.6. The van der Waals surface area contributed by atoms with Crippen LogP contribution in [0.15, 0.2) is 23.1 Å². The van der Waals surface area contributed by atoms with Crippen molar-refractivity contribution >= 4 is 17.7 Å². The third kappa shape index (κ3) is 3.92. The van der Waals surface area contributed by atoms with Gasteiger partial charge >= 0.3 is 5.97 Å². The first-order valence-electron chi connectivity index (χ1n) is 5.73. The van der Waals surface area contributed by atoms with E-state index in [0.717, 1.165) is 4.90 Å². The van der Waals surface area contributed by atoms with Gasteiger partial charge in [-0.1, -0.05) is 6.07 Å². The molecule has 1 atom stereocenters. The Morgan fingerprint density at radius 3 is 2.78 bits per heavy atom. The van der Waals surface area contributed by atoms with Gasteiger partial charge < -0.3 is 14.6 Å². The number of hydrogen-bond donors (Lipinski definition) is 1. The highest BCUT2D eigenvalue weighted by molar-refractivity contribution is 8.00. The van der Waals surface area contributed by atoms with Gasteiger partial charge in [0.2, 0.25) is 0 Å². The molecule has 1 rings (SSSR count). The molecule has 0 aliphatic rings. The van der Waals surface area contributed by atoms with Crippen LogP contribution in [0.2, 0.25) is 0 Å². The van der Waals surface area contributed by atoms with Crippen molar-refractivity contribution in [2.75, 3.05) is 19.5 Å². The van der Waals surface area contributed by atoms with E-state index in [1.165, 1.54) is 11.8 Å². The van der Waals surface area contributed by atoms with E-state index in [9.17, 15) is 9.90 Å². The van der Waals surface area contributed by atoms with Crippen LogP contribution < -0.4 is 4.74 Å². The number of aliphatic hydroxyl groups excluding tert-OH is 1. The van der Waals surface area contributed by atoms with Crippen molar-refractivity contribution in [3.63, 3.8) is 0 Å². The molecule has 0 aromatic heterocycles. The molecule has 0 amide bonds. The molecule has 0 radical (unpaired) electrons. The Hall–Kier alpha value is -1.20. The van der Waals surface area contributed by atoms with Gasteiger partial charge in [0.25, 0.3) is 0 Å². The standard InChI is InChI=1S/C13H18O4S/c1-4-17-12(15)8-18-11-7-5-6-10(16-3)13(11)9(2)14/h5-7,9,14H,4,8H2,1-3H3. The number of thioether (sulfide) groups is 1. The Balaban J connectivity index is 2.84. The summed E-state index contributed by atoms with van der Waals surface area (Å²) in [7, 11) is 1.56. The summed E-state index contributed by atoms with van der Waals surface area (Å²) in [6, 6.07) is 5.48. The van der Waals surface area contributed by atoms with Crippen LogP contribution >= 0.6 is 11.8 Å². The number of carbonyl (C=O) groups excluding carboxylic acids is 1. The van der Waals surface area contributed by atoms with Crippen molar-refractivity contribution in [1.29, 1.82) is 0 Å². The predicted molar refractivity (Wildman–Crippen MR) is 71.0 cm³/mol. The maximum absolute atomic E-state index is 11.3. The van der Waals surface area contributed by atoms with Crippen molar-refractivity contribution < 1.29 is 19.4 Å². The summed E-state index contributed by atoms with van der Waals surface area (Å²) in [5, 5.41) is 9.78. The highest BCUT2D eigenvalue weighted by Crippen LogP contribution is 2.34. The third-order valence-corrected chi connectivity index (χ3v) is 3.36. The third-order valence-electron chi connectivity index (χ3n) is 2.31. The lowest BCUT2D eigenvalue weighted by Crippen LogP contribution is -2.07. The Bertz CT molecular complexity index is 404. The van der Waals surface area contributed by atoms with Gasteiger partial charge in [-0.3, -0.25) is 4.79 Å². The van der Waals surface area contributed by atoms with Crippen LogP contribution in [0, 0.1) is 0 Å². The molecular weight excluding hydrogens is 252 g/mol. The molecule has 1 unspecified atom stereocenters. The quantitative estimate of drug-likeness (QED) is 0.635. The Morgan fingerprint density at radius 1 is 1.50 bits per heavy atom. The Labute approximate surface area is 111 Å². The van der Waals surface area contributed by atoms with Crippen molar-refractivity contribution in [3.05, 3.63) is 23.8 Å². The van der Waals surface area contributed by atoms with Crippen LogP contribution in [0.3, 0.4) is 0 Å². The van der Waals surface area contributed by atoms with E-state index in [1.54, 1.807) is 27.0 Å². The first-order valence-corrected chi connectivity index (χ1v) is 6.72. The maximum Gasteiger partial charge on any atom is 0.316 e. The molecule has 0 saturated carbocycles. The van der Waals surface area contributed by atoms with Crippen LogP contribution in [0.4, 0.5) is 0 Å². The van der Waals surface area contributed by atoms with E-state index < -0.39 is 6.10 Å². The molecule has 0 bridgehead atoms. The SMILES string of the molecule is CCOC(=O)CSc1cccc(OC)c1C(C)O. The van der Waals surface area contributed by atoms with Crippen LogP contribution in [-0.2, 0) is 9.53 Å². The number of carbonyl (C=O) groups is 1. The van der Waals surface area contributed by atoms with Gasteiger partial charge in [-0.05, 0) is 26.0 Å². The van der Waals surface area contributed by atoms with Crippen molar-refractivity contribution in [2.24, 2.45) is 0 Å². The smallest absolute Gasteiger partial charge is 0.316 e. The predicted octanol–water partition coefficient (Wildman–Crippen LogP) is 2.40. The van der Waals surface area contributed by atoms with E-state index in [4.69, 9.17) is 9.47 Å². The molecule has 1 aromatic carbocycles. The molecule has 0 aliphatic heterocycles. The number of methoxy groups -OCH3 is 1. The molecule has 4 nitrogen and oxygen atoms in total. The topological polar surface area (TPSA) is 55.8 Å². The number of ether oxygens (including phenoxy) is 2. The molecule has 0 fully saturated rings. The van der Waals surface area contributed by atoms with Gasteiger partial charge in [-0.2, -0.15) is 0 Å². The van der Waals surface area contributed by atoms with E-state index in [2.05, 4.69) is 0 Å². The Kier molecular flexibility index (Phi) is 6.01. The number of rotatable bonds is 6. The summed E-state index contributed by atoms with van der Waals surface area (Å²) in [6.07, 6.45) is -0.647. The zero-order valence-electron chi connectivity index (χ0n) is 10.8. The average molecular weight is 270 g/mol. The largest absolute Gasteiger partial charge is 0.496 e. The van der Waals surface area contributed by atoms with Gasteiger partial charge in [0.15, 0.2) is 0 Å². The molecule has 0 spiro atoms. The fourth-order valence-electron chi connectivity index (χ4n) is 1.58. The minimum absolute atomic E-state index is 0.223. The summed E-state index contributed by atoms with van der Waals surface area (Å²) < 4.78 is 10.1. The minimum Gasteiger partial charge on any atom is -0.496 e. The second-order valence-corrected chi connectivity index (χ2v) is 4.66. The molecule has 0 aliphatic carbocycles. The lowest BCUT2D eigenvalue weighted by molar-refractivity contribution is -0.139. The minimum atomic E-state index is -0.647.